The number of benzene rings is 3. The van der Waals surface area contributed by atoms with Gasteiger partial charge in [-0.05, 0) is 56.6 Å². The maximum absolute atomic E-state index is 12.4. The van der Waals surface area contributed by atoms with E-state index < -0.39 is 10.0 Å². The van der Waals surface area contributed by atoms with E-state index in [1.807, 2.05) is 67.5 Å². The number of H-pyrrole nitrogens is 1. The number of rotatable bonds is 9. The number of hydrogen-bond acceptors (Lipinski definition) is 6. The number of nitrogens with zero attached hydrogens (tertiary/aromatic N) is 3. The molecule has 0 aliphatic rings. The molecule has 1 aromatic heterocycles. The Morgan fingerprint density at radius 1 is 1.00 bits per heavy atom. The topological polar surface area (TPSA) is 98.2 Å². The fraction of sp³-hybridized carbons (Fsp3) is 0.222. The van der Waals surface area contributed by atoms with Crippen LogP contribution >= 0.6 is 0 Å². The van der Waals surface area contributed by atoms with Crippen LogP contribution in [0.15, 0.2) is 77.8 Å². The third-order valence-corrected chi connectivity index (χ3v) is 6.99. The van der Waals surface area contributed by atoms with E-state index in [9.17, 15) is 13.5 Å². The van der Waals surface area contributed by atoms with E-state index in [0.29, 0.717) is 41.5 Å². The molecule has 188 valence electrons. The molecule has 9 heteroatoms. The SMILES string of the molecule is COc1cccc(C(=Nc2ccc(N(CCN(C)C)S(C)(=O)=O)cc2)c2c(O)[nH]c3ccccc23)c1. The summed E-state index contributed by atoms with van der Waals surface area (Å²) < 4.78 is 31.6. The Bertz CT molecular complexity index is 1490. The zero-order chi connectivity index (χ0) is 25.9. The van der Waals surface area contributed by atoms with Gasteiger partial charge in [-0.15, -0.1) is 0 Å². The number of anilines is 1. The fourth-order valence-electron chi connectivity index (χ4n) is 4.00. The lowest BCUT2D eigenvalue weighted by Gasteiger charge is -2.24. The van der Waals surface area contributed by atoms with Crippen LogP contribution in [-0.4, -0.2) is 69.7 Å². The van der Waals surface area contributed by atoms with E-state index >= 15 is 0 Å². The Morgan fingerprint density at radius 3 is 2.39 bits per heavy atom. The lowest BCUT2D eigenvalue weighted by molar-refractivity contribution is 0.414. The molecule has 36 heavy (non-hydrogen) atoms. The minimum Gasteiger partial charge on any atom is -0.497 e. The Hall–Kier alpha value is -3.82. The van der Waals surface area contributed by atoms with Crippen LogP contribution in [0.25, 0.3) is 10.9 Å². The van der Waals surface area contributed by atoms with Crippen molar-refractivity contribution in [3.63, 3.8) is 0 Å². The van der Waals surface area contributed by atoms with E-state index in [-0.39, 0.29) is 5.88 Å². The number of hydrogen-bond donors (Lipinski definition) is 2. The highest BCUT2D eigenvalue weighted by Crippen LogP contribution is 2.32. The molecule has 0 saturated heterocycles. The van der Waals surface area contributed by atoms with Gasteiger partial charge in [0.25, 0.3) is 0 Å². The summed E-state index contributed by atoms with van der Waals surface area (Å²) in [6.45, 7) is 0.930. The maximum atomic E-state index is 12.4. The number of nitrogens with one attached hydrogen (secondary N) is 1. The second kappa shape index (κ2) is 10.4. The van der Waals surface area contributed by atoms with Crippen LogP contribution in [0.3, 0.4) is 0 Å². The minimum absolute atomic E-state index is 0.0151. The van der Waals surface area contributed by atoms with Crippen LogP contribution in [0.2, 0.25) is 0 Å². The number of fused-ring (bicyclic) bond motifs is 1. The van der Waals surface area contributed by atoms with Crippen molar-refractivity contribution < 1.29 is 18.3 Å². The molecule has 8 nitrogen and oxygen atoms in total. The van der Waals surface area contributed by atoms with Crippen molar-refractivity contribution in [1.29, 1.82) is 0 Å². The van der Waals surface area contributed by atoms with Gasteiger partial charge in [-0.2, -0.15) is 0 Å². The quantitative estimate of drug-likeness (QED) is 0.328. The first-order chi connectivity index (χ1) is 17.2. The molecule has 4 aromatic rings. The number of likely N-dealkylation sites (N-methyl/N-ethyl adjacent to an activating group) is 1. The molecule has 0 radical (unpaired) electrons. The molecule has 0 aliphatic carbocycles. The van der Waals surface area contributed by atoms with E-state index in [1.165, 1.54) is 10.6 Å². The Balaban J connectivity index is 1.81. The van der Waals surface area contributed by atoms with E-state index in [4.69, 9.17) is 9.73 Å². The average molecular weight is 507 g/mol. The summed E-state index contributed by atoms with van der Waals surface area (Å²) in [4.78, 5) is 9.86. The number of aromatic amines is 1. The second-order valence-corrected chi connectivity index (χ2v) is 10.6. The van der Waals surface area contributed by atoms with Gasteiger partial charge < -0.3 is 19.7 Å². The van der Waals surface area contributed by atoms with Crippen molar-refractivity contribution in [2.24, 2.45) is 4.99 Å². The monoisotopic (exact) mass is 506 g/mol. The second-order valence-electron chi connectivity index (χ2n) is 8.74. The van der Waals surface area contributed by atoms with Crippen molar-refractivity contribution in [3.8, 4) is 11.6 Å². The number of methoxy groups -OCH3 is 1. The van der Waals surface area contributed by atoms with Gasteiger partial charge in [0.2, 0.25) is 10.0 Å². The third-order valence-electron chi connectivity index (χ3n) is 5.80. The van der Waals surface area contributed by atoms with E-state index in [1.54, 1.807) is 31.4 Å². The van der Waals surface area contributed by atoms with Gasteiger partial charge in [0.1, 0.15) is 5.75 Å². The summed E-state index contributed by atoms with van der Waals surface area (Å²) in [6, 6.07) is 22.1. The van der Waals surface area contributed by atoms with Gasteiger partial charge in [0, 0.05) is 29.6 Å². The molecule has 0 aliphatic heterocycles. The van der Waals surface area contributed by atoms with Crippen molar-refractivity contribution in [2.75, 3.05) is 44.9 Å². The third kappa shape index (κ3) is 5.53. The van der Waals surface area contributed by atoms with Gasteiger partial charge >= 0.3 is 0 Å². The Kier molecular flexibility index (Phi) is 7.32. The molecule has 0 amide bonds. The predicted molar refractivity (Wildman–Crippen MR) is 145 cm³/mol. The van der Waals surface area contributed by atoms with Crippen LogP contribution in [-0.2, 0) is 10.0 Å². The van der Waals surface area contributed by atoms with Crippen LogP contribution < -0.4 is 9.04 Å². The summed E-state index contributed by atoms with van der Waals surface area (Å²) in [5.74, 6) is 0.681. The standard InChI is InChI=1S/C27H30N4O4S/c1-30(2)16-17-31(36(4,33)34)21-14-12-20(13-15-21)28-26(19-8-7-9-22(18-19)35-3)25-23-10-5-6-11-24(23)29-27(25)32/h5-15,18,29,32H,16-17H2,1-4H3. The lowest BCUT2D eigenvalue weighted by atomic mass is 10.0. The molecule has 0 saturated carbocycles. The van der Waals surface area contributed by atoms with Crippen LogP contribution in [0.1, 0.15) is 11.1 Å². The first kappa shape index (κ1) is 25.3. The summed E-state index contributed by atoms with van der Waals surface area (Å²) in [5, 5.41) is 11.7. The molecule has 0 fully saturated rings. The molecule has 0 unspecified atom stereocenters. The molecule has 0 spiro atoms. The fourth-order valence-corrected chi connectivity index (χ4v) is 4.92. The minimum atomic E-state index is -3.45. The summed E-state index contributed by atoms with van der Waals surface area (Å²) in [7, 11) is 1.96. The molecule has 3 aromatic carbocycles. The van der Waals surface area contributed by atoms with Crippen molar-refractivity contribution >= 4 is 38.0 Å². The molecular weight excluding hydrogens is 476 g/mol. The lowest BCUT2D eigenvalue weighted by Crippen LogP contribution is -2.35. The molecule has 2 N–H and O–H groups in total. The normalized spacial score (nSPS) is 12.3. The highest BCUT2D eigenvalue weighted by molar-refractivity contribution is 7.92. The zero-order valence-electron chi connectivity index (χ0n) is 20.8. The number of aliphatic imine (C=N–C) groups is 1. The number of aromatic hydroxyl groups is 1. The Labute approximate surface area is 211 Å². The number of aromatic nitrogens is 1. The van der Waals surface area contributed by atoms with Crippen molar-refractivity contribution in [1.82, 2.24) is 9.88 Å². The predicted octanol–water partition coefficient (Wildman–Crippen LogP) is 4.38. The molecule has 1 heterocycles. The van der Waals surface area contributed by atoms with Gasteiger partial charge in [0.15, 0.2) is 5.88 Å². The maximum Gasteiger partial charge on any atom is 0.232 e. The molecular formula is C27H30N4O4S. The first-order valence-corrected chi connectivity index (χ1v) is 13.3. The van der Waals surface area contributed by atoms with Gasteiger partial charge in [-0.1, -0.05) is 30.3 Å². The van der Waals surface area contributed by atoms with Crippen molar-refractivity contribution in [3.05, 3.63) is 83.9 Å². The van der Waals surface area contributed by atoms with Crippen molar-refractivity contribution in [2.45, 2.75) is 0 Å². The first-order valence-electron chi connectivity index (χ1n) is 11.4. The Morgan fingerprint density at radius 2 is 1.72 bits per heavy atom. The smallest absolute Gasteiger partial charge is 0.232 e. The highest BCUT2D eigenvalue weighted by atomic mass is 32.2. The van der Waals surface area contributed by atoms with Crippen LogP contribution in [0, 0.1) is 0 Å². The molecule has 0 atom stereocenters. The van der Waals surface area contributed by atoms with Crippen LogP contribution in [0.5, 0.6) is 11.6 Å². The highest BCUT2D eigenvalue weighted by Gasteiger charge is 2.20. The summed E-state index contributed by atoms with van der Waals surface area (Å²) in [5.41, 5.74) is 3.87. The molecule has 4 rings (SSSR count). The summed E-state index contributed by atoms with van der Waals surface area (Å²) in [6.07, 6.45) is 1.20. The largest absolute Gasteiger partial charge is 0.497 e. The van der Waals surface area contributed by atoms with E-state index in [0.717, 1.165) is 16.5 Å². The van der Waals surface area contributed by atoms with Gasteiger partial charge in [-0.25, -0.2) is 13.4 Å². The summed E-state index contributed by atoms with van der Waals surface area (Å²) >= 11 is 0. The number of ether oxygens (including phenoxy) is 1. The van der Waals surface area contributed by atoms with E-state index in [2.05, 4.69) is 4.98 Å². The van der Waals surface area contributed by atoms with Gasteiger partial charge in [-0.3, -0.25) is 4.31 Å². The average Bonchev–Trinajstić information content (AvgIpc) is 3.18. The number of para-hydroxylation sites is 1. The molecule has 0 bridgehead atoms. The van der Waals surface area contributed by atoms with Crippen LogP contribution in [0.4, 0.5) is 11.4 Å². The zero-order valence-corrected chi connectivity index (χ0v) is 21.6. The van der Waals surface area contributed by atoms with Gasteiger partial charge in [0.05, 0.1) is 36.0 Å². The number of sulfonamides is 1.